The molecule has 3 nitrogen and oxygen atoms in total. The van der Waals surface area contributed by atoms with Crippen LogP contribution in [0.5, 0.6) is 0 Å². The molecular weight excluding hydrogens is 212 g/mol. The molecule has 17 heavy (non-hydrogen) atoms. The fourth-order valence-corrected chi connectivity index (χ4v) is 2.44. The molecule has 1 aromatic rings. The molecule has 2 rings (SSSR count). The number of hydrogen-bond donors (Lipinski definition) is 2. The van der Waals surface area contributed by atoms with Gasteiger partial charge in [0.15, 0.2) is 0 Å². The number of benzene rings is 1. The van der Waals surface area contributed by atoms with Gasteiger partial charge in [-0.15, -0.1) is 0 Å². The van der Waals surface area contributed by atoms with Gasteiger partial charge in [0, 0.05) is 19.1 Å². The summed E-state index contributed by atoms with van der Waals surface area (Å²) in [6.07, 6.45) is 2.57. The lowest BCUT2D eigenvalue weighted by atomic mass is 10.0. The van der Waals surface area contributed by atoms with Crippen molar-refractivity contribution < 1.29 is 5.11 Å². The van der Waals surface area contributed by atoms with Crippen LogP contribution in [0, 0.1) is 0 Å². The molecule has 1 aliphatic rings. The molecule has 2 N–H and O–H groups in total. The zero-order valence-electron chi connectivity index (χ0n) is 10.5. The number of piperidine rings is 1. The average molecular weight is 234 g/mol. The van der Waals surface area contributed by atoms with Crippen molar-refractivity contribution in [2.24, 2.45) is 0 Å². The predicted molar refractivity (Wildman–Crippen MR) is 69.7 cm³/mol. The molecule has 1 atom stereocenters. The fourth-order valence-electron chi connectivity index (χ4n) is 2.44. The molecule has 1 saturated heterocycles. The SMILES string of the molecule is CNC1CCCN(Cc2ccc(CO)cc2)C1. The maximum absolute atomic E-state index is 9.00. The number of aliphatic hydroxyl groups excluding tert-OH is 1. The highest BCUT2D eigenvalue weighted by atomic mass is 16.3. The minimum Gasteiger partial charge on any atom is -0.392 e. The van der Waals surface area contributed by atoms with Crippen LogP contribution in [0.1, 0.15) is 24.0 Å². The first-order valence-electron chi connectivity index (χ1n) is 6.40. The summed E-state index contributed by atoms with van der Waals surface area (Å²) < 4.78 is 0. The molecule has 1 heterocycles. The Kier molecular flexibility index (Phi) is 4.54. The zero-order valence-corrected chi connectivity index (χ0v) is 10.5. The lowest BCUT2D eigenvalue weighted by molar-refractivity contribution is 0.188. The summed E-state index contributed by atoms with van der Waals surface area (Å²) >= 11 is 0. The molecule has 0 radical (unpaired) electrons. The largest absolute Gasteiger partial charge is 0.392 e. The van der Waals surface area contributed by atoms with Gasteiger partial charge < -0.3 is 10.4 Å². The summed E-state index contributed by atoms with van der Waals surface area (Å²) in [5.41, 5.74) is 2.32. The van der Waals surface area contributed by atoms with Gasteiger partial charge in [-0.05, 0) is 37.6 Å². The van der Waals surface area contributed by atoms with E-state index < -0.39 is 0 Å². The van der Waals surface area contributed by atoms with Crippen LogP contribution in [-0.2, 0) is 13.2 Å². The van der Waals surface area contributed by atoms with E-state index in [1.165, 1.54) is 24.9 Å². The third-order valence-corrected chi connectivity index (χ3v) is 3.53. The first-order chi connectivity index (χ1) is 8.31. The second-order valence-corrected chi connectivity index (χ2v) is 4.84. The highest BCUT2D eigenvalue weighted by Gasteiger charge is 2.17. The number of nitrogens with one attached hydrogen (secondary N) is 1. The molecule has 1 unspecified atom stereocenters. The third kappa shape index (κ3) is 3.53. The number of likely N-dealkylation sites (N-methyl/N-ethyl adjacent to an activating group) is 1. The van der Waals surface area contributed by atoms with Gasteiger partial charge in [-0.3, -0.25) is 4.90 Å². The topological polar surface area (TPSA) is 35.5 Å². The van der Waals surface area contributed by atoms with Gasteiger partial charge in [0.25, 0.3) is 0 Å². The standard InChI is InChI=1S/C14H22N2O/c1-15-14-3-2-8-16(10-14)9-12-4-6-13(11-17)7-5-12/h4-7,14-15,17H,2-3,8-11H2,1H3. The van der Waals surface area contributed by atoms with Gasteiger partial charge >= 0.3 is 0 Å². The van der Waals surface area contributed by atoms with E-state index in [1.807, 2.05) is 19.2 Å². The van der Waals surface area contributed by atoms with Crippen molar-refractivity contribution in [1.82, 2.24) is 10.2 Å². The van der Waals surface area contributed by atoms with E-state index in [2.05, 4.69) is 22.3 Å². The van der Waals surface area contributed by atoms with E-state index in [4.69, 9.17) is 5.11 Å². The van der Waals surface area contributed by atoms with Crippen LogP contribution in [0.25, 0.3) is 0 Å². The van der Waals surface area contributed by atoms with Gasteiger partial charge in [0.1, 0.15) is 0 Å². The zero-order chi connectivity index (χ0) is 12.1. The molecule has 1 aliphatic heterocycles. The third-order valence-electron chi connectivity index (χ3n) is 3.53. The number of likely N-dealkylation sites (tertiary alicyclic amines) is 1. The first-order valence-corrected chi connectivity index (χ1v) is 6.40. The van der Waals surface area contributed by atoms with E-state index in [0.717, 1.165) is 18.7 Å². The summed E-state index contributed by atoms with van der Waals surface area (Å²) in [4.78, 5) is 2.50. The van der Waals surface area contributed by atoms with Crippen molar-refractivity contribution in [1.29, 1.82) is 0 Å². The predicted octanol–water partition coefficient (Wildman–Crippen LogP) is 1.36. The van der Waals surface area contributed by atoms with Gasteiger partial charge in [0.2, 0.25) is 0 Å². The van der Waals surface area contributed by atoms with Crippen LogP contribution in [0.4, 0.5) is 0 Å². The van der Waals surface area contributed by atoms with E-state index in [-0.39, 0.29) is 6.61 Å². The maximum Gasteiger partial charge on any atom is 0.0681 e. The van der Waals surface area contributed by atoms with Crippen LogP contribution in [0.15, 0.2) is 24.3 Å². The Morgan fingerprint density at radius 3 is 2.65 bits per heavy atom. The van der Waals surface area contributed by atoms with Crippen molar-refractivity contribution in [3.8, 4) is 0 Å². The van der Waals surface area contributed by atoms with Crippen molar-refractivity contribution >= 4 is 0 Å². The van der Waals surface area contributed by atoms with Gasteiger partial charge in [0.05, 0.1) is 6.61 Å². The molecule has 1 aromatic carbocycles. The van der Waals surface area contributed by atoms with Crippen LogP contribution < -0.4 is 5.32 Å². The van der Waals surface area contributed by atoms with E-state index in [1.54, 1.807) is 0 Å². The van der Waals surface area contributed by atoms with E-state index >= 15 is 0 Å². The Morgan fingerprint density at radius 2 is 2.00 bits per heavy atom. The van der Waals surface area contributed by atoms with E-state index in [0.29, 0.717) is 6.04 Å². The summed E-state index contributed by atoms with van der Waals surface area (Å²) in [6.45, 7) is 3.48. The summed E-state index contributed by atoms with van der Waals surface area (Å²) in [6, 6.07) is 8.90. The van der Waals surface area contributed by atoms with Crippen molar-refractivity contribution in [3.63, 3.8) is 0 Å². The normalized spacial score (nSPS) is 21.6. The molecule has 0 spiro atoms. The average Bonchev–Trinajstić information content (AvgIpc) is 2.40. The lowest BCUT2D eigenvalue weighted by Crippen LogP contribution is -2.43. The second-order valence-electron chi connectivity index (χ2n) is 4.84. The Labute approximate surface area is 103 Å². The summed E-state index contributed by atoms with van der Waals surface area (Å²) in [5.74, 6) is 0. The minimum atomic E-state index is 0.131. The van der Waals surface area contributed by atoms with Crippen LogP contribution in [0.3, 0.4) is 0 Å². The number of aliphatic hydroxyl groups is 1. The monoisotopic (exact) mass is 234 g/mol. The lowest BCUT2D eigenvalue weighted by Gasteiger charge is -2.32. The van der Waals surface area contributed by atoms with Gasteiger partial charge in [-0.1, -0.05) is 24.3 Å². The minimum absolute atomic E-state index is 0.131. The highest BCUT2D eigenvalue weighted by molar-refractivity contribution is 5.21. The maximum atomic E-state index is 9.00. The van der Waals surface area contributed by atoms with Crippen LogP contribution >= 0.6 is 0 Å². The van der Waals surface area contributed by atoms with Crippen molar-refractivity contribution in [2.45, 2.75) is 32.0 Å². The summed E-state index contributed by atoms with van der Waals surface area (Å²) in [7, 11) is 2.05. The van der Waals surface area contributed by atoms with Crippen LogP contribution in [-0.4, -0.2) is 36.2 Å². The number of hydrogen-bond acceptors (Lipinski definition) is 3. The Hall–Kier alpha value is -0.900. The molecule has 0 bridgehead atoms. The highest BCUT2D eigenvalue weighted by Crippen LogP contribution is 2.14. The second kappa shape index (κ2) is 6.15. The molecule has 0 amide bonds. The van der Waals surface area contributed by atoms with Gasteiger partial charge in [-0.2, -0.15) is 0 Å². The van der Waals surface area contributed by atoms with Crippen LogP contribution in [0.2, 0.25) is 0 Å². The molecule has 94 valence electrons. The molecular formula is C14H22N2O. The van der Waals surface area contributed by atoms with Gasteiger partial charge in [-0.25, -0.2) is 0 Å². The fraction of sp³-hybridized carbons (Fsp3) is 0.571. The quantitative estimate of drug-likeness (QED) is 0.826. The van der Waals surface area contributed by atoms with E-state index in [9.17, 15) is 0 Å². The first kappa shape index (κ1) is 12.6. The number of rotatable bonds is 4. The Bertz CT molecular complexity index is 337. The smallest absolute Gasteiger partial charge is 0.0681 e. The Balaban J connectivity index is 1.90. The molecule has 0 saturated carbocycles. The molecule has 1 fully saturated rings. The molecule has 3 heteroatoms. The van der Waals surface area contributed by atoms with Crippen molar-refractivity contribution in [2.75, 3.05) is 20.1 Å². The molecule has 0 aliphatic carbocycles. The number of nitrogens with zero attached hydrogens (tertiary/aromatic N) is 1. The Morgan fingerprint density at radius 1 is 1.29 bits per heavy atom. The van der Waals surface area contributed by atoms with Crippen molar-refractivity contribution in [3.05, 3.63) is 35.4 Å². The molecule has 0 aromatic heterocycles. The summed E-state index contributed by atoms with van der Waals surface area (Å²) in [5, 5.41) is 12.4.